The van der Waals surface area contributed by atoms with E-state index in [1.807, 2.05) is 0 Å². The Balaban J connectivity index is -0.00000000333. The van der Waals surface area contributed by atoms with Gasteiger partial charge in [-0.2, -0.15) is 0 Å². The molecule has 0 aromatic heterocycles. The molecule has 6 heteroatoms. The fraction of sp³-hybridized carbons (Fsp3) is 0. The third-order valence-corrected chi connectivity index (χ3v) is 0. The van der Waals surface area contributed by atoms with Crippen LogP contribution in [-0.2, 0) is 16.0 Å². The van der Waals surface area contributed by atoms with Crippen molar-refractivity contribution in [1.82, 2.24) is 6.15 Å². The zero-order valence-corrected chi connectivity index (χ0v) is 4.61. The summed E-state index contributed by atoms with van der Waals surface area (Å²) in [5, 5.41) is 7.21. The number of rotatable bonds is 0. The van der Waals surface area contributed by atoms with Crippen molar-refractivity contribution in [2.24, 2.45) is 0 Å². The quantitative estimate of drug-likeness (QED) is 0.388. The maximum absolute atomic E-state index is 7.21. The van der Waals surface area contributed by atoms with Crippen LogP contribution in [0.2, 0.25) is 0 Å². The summed E-state index contributed by atoms with van der Waals surface area (Å²) in [7, 11) is 0. The maximum atomic E-state index is 7.21. The van der Waals surface area contributed by atoms with Gasteiger partial charge in [0.25, 0.3) is 0 Å². The summed E-state index contributed by atoms with van der Waals surface area (Å²) in [5.74, 6) is 0. The zero-order valence-electron chi connectivity index (χ0n) is 3.51. The van der Waals surface area contributed by atoms with Crippen LogP contribution in [0.4, 0.5) is 0 Å². The standard InChI is InChI=1S/CN.Fe.H3N.3H2O/c1-2;;;;;/h;;1H3;3*1H2. The van der Waals surface area contributed by atoms with Crippen molar-refractivity contribution < 1.29 is 32.4 Å². The molecule has 0 spiro atoms. The van der Waals surface area contributed by atoms with Gasteiger partial charge in [-0.05, 0) is 0 Å². The van der Waals surface area contributed by atoms with Gasteiger partial charge >= 0.3 is 26.2 Å². The van der Waals surface area contributed by atoms with Gasteiger partial charge in [0.1, 0.15) is 0 Å². The average molecular weight is 153 g/mol. The molecule has 0 fully saturated rings. The van der Waals surface area contributed by atoms with Crippen molar-refractivity contribution in [3.63, 3.8) is 0 Å². The molecule has 5 nitrogen and oxygen atoms in total. The molecule has 0 aliphatic carbocycles. The van der Waals surface area contributed by atoms with Crippen LogP contribution >= 0.6 is 0 Å². The molecule has 7 heavy (non-hydrogen) atoms. The van der Waals surface area contributed by atoms with E-state index >= 15 is 0 Å². The maximum Gasteiger partial charge on any atom is -0.412 e. The van der Waals surface area contributed by atoms with Crippen LogP contribution in [0.5, 0.6) is 0 Å². The van der Waals surface area contributed by atoms with E-state index in [1.54, 1.807) is 0 Å². The van der Waals surface area contributed by atoms with Crippen LogP contribution in [0.25, 0.3) is 0 Å². The molecular formula is CH9FeN2O3. The number of nitriles is 1. The summed E-state index contributed by atoms with van der Waals surface area (Å²) in [6, 6.07) is 0. The second kappa shape index (κ2) is 191. The van der Waals surface area contributed by atoms with Gasteiger partial charge in [0.2, 0.25) is 0 Å². The molecule has 0 rings (SSSR count). The molecule has 0 heterocycles. The minimum atomic E-state index is 0. The van der Waals surface area contributed by atoms with Gasteiger partial charge in [-0.3, -0.25) is 0 Å². The Morgan fingerprint density at radius 1 is 1.14 bits per heavy atom. The van der Waals surface area contributed by atoms with Crippen LogP contribution in [0.1, 0.15) is 0 Å². The Hall–Kier alpha value is -0.151. The van der Waals surface area contributed by atoms with Crippen molar-refractivity contribution in [3.05, 3.63) is 0 Å². The Morgan fingerprint density at radius 3 is 1.14 bits per heavy atom. The second-order valence-corrected chi connectivity index (χ2v) is 0.326. The van der Waals surface area contributed by atoms with E-state index in [9.17, 15) is 0 Å². The van der Waals surface area contributed by atoms with E-state index in [-0.39, 0.29) is 22.6 Å². The van der Waals surface area contributed by atoms with Crippen molar-refractivity contribution in [3.8, 4) is 4.97 Å². The molecule has 0 aromatic carbocycles. The summed E-state index contributed by atoms with van der Waals surface area (Å²) >= 11 is 2.79. The average Bonchev–Trinajstić information content (AvgIpc) is 0.918. The van der Waals surface area contributed by atoms with Crippen molar-refractivity contribution in [2.45, 2.75) is 0 Å². The van der Waals surface area contributed by atoms with Crippen molar-refractivity contribution in [2.75, 3.05) is 0 Å². The number of hydrogen-bond donors (Lipinski definition) is 1. The summed E-state index contributed by atoms with van der Waals surface area (Å²) in [4.78, 5) is 1.50. The van der Waals surface area contributed by atoms with E-state index in [0.29, 0.717) is 0 Å². The van der Waals surface area contributed by atoms with Gasteiger partial charge in [0.05, 0.1) is 0 Å². The largest absolute Gasteiger partial charge is 0.412 e. The Labute approximate surface area is 49.6 Å². The molecule has 0 aromatic rings. The first kappa shape index (κ1) is 68.5. The molecule has 0 aliphatic heterocycles. The van der Waals surface area contributed by atoms with Gasteiger partial charge in [0.15, 0.2) is 0 Å². The van der Waals surface area contributed by atoms with Crippen LogP contribution in [0.3, 0.4) is 0 Å². The first-order valence-electron chi connectivity index (χ1n) is 0.400. The molecule has 0 aliphatic rings. The fourth-order valence-electron chi connectivity index (χ4n) is 0. The predicted molar refractivity (Wildman–Crippen MR) is 21.5 cm³/mol. The summed E-state index contributed by atoms with van der Waals surface area (Å²) in [5.41, 5.74) is 0. The van der Waals surface area contributed by atoms with Gasteiger partial charge in [0, 0.05) is 0 Å². The fourth-order valence-corrected chi connectivity index (χ4v) is 0. The van der Waals surface area contributed by atoms with Crippen LogP contribution in [0, 0.1) is 10.2 Å². The summed E-state index contributed by atoms with van der Waals surface area (Å²) in [6.07, 6.45) is 0. The molecule has 0 radical (unpaired) electrons. The van der Waals surface area contributed by atoms with Gasteiger partial charge < -0.3 is 22.6 Å². The summed E-state index contributed by atoms with van der Waals surface area (Å²) in [6.45, 7) is 0. The van der Waals surface area contributed by atoms with E-state index < -0.39 is 0 Å². The molecule has 9 N–H and O–H groups in total. The third kappa shape index (κ3) is 3830. The van der Waals surface area contributed by atoms with E-state index in [4.69, 9.17) is 5.26 Å². The Kier molecular flexibility index (Phi) is 1870. The Bertz CT molecular complexity index is 34.4. The smallest absolute Gasteiger partial charge is 0.412 e. The molecule has 0 saturated carbocycles. The molecule has 0 bridgehead atoms. The first-order chi connectivity index (χ1) is 1.41. The van der Waals surface area contributed by atoms with E-state index in [1.165, 1.54) is 4.97 Å². The van der Waals surface area contributed by atoms with Gasteiger partial charge in [-0.15, -0.1) is 0 Å². The van der Waals surface area contributed by atoms with Gasteiger partial charge in [-0.1, -0.05) is 0 Å². The van der Waals surface area contributed by atoms with Gasteiger partial charge in [-0.25, -0.2) is 0 Å². The molecule has 0 amide bonds. The number of hydrogen-bond acceptors (Lipinski definition) is 2. The van der Waals surface area contributed by atoms with Crippen molar-refractivity contribution >= 4 is 0 Å². The molecule has 0 atom stereocenters. The normalized spacial score (nSPS) is 1.14. The SMILES string of the molecule is N.N#[C][Fe].O.O.O. The molecular weight excluding hydrogens is 144 g/mol. The van der Waals surface area contributed by atoms with E-state index in [2.05, 4.69) is 16.0 Å². The zero-order chi connectivity index (χ0) is 2.71. The van der Waals surface area contributed by atoms with E-state index in [0.717, 1.165) is 0 Å². The van der Waals surface area contributed by atoms with Crippen molar-refractivity contribution in [1.29, 1.82) is 5.26 Å². The molecule has 0 unspecified atom stereocenters. The minimum absolute atomic E-state index is 0. The number of nitrogens with zero attached hydrogens (tertiary/aromatic N) is 1. The minimum Gasteiger partial charge on any atom is -0.412 e. The first-order valence-corrected chi connectivity index (χ1v) is 0.952. The topological polar surface area (TPSA) is 153 Å². The molecule has 49 valence electrons. The second-order valence-electron chi connectivity index (χ2n) is 0.0791. The molecule has 0 saturated heterocycles. The van der Waals surface area contributed by atoms with Crippen LogP contribution in [-0.4, -0.2) is 16.4 Å². The predicted octanol–water partition coefficient (Wildman–Crippen LogP) is -2.30. The summed E-state index contributed by atoms with van der Waals surface area (Å²) < 4.78 is 0. The van der Waals surface area contributed by atoms with Crippen LogP contribution < -0.4 is 6.15 Å². The monoisotopic (exact) mass is 153 g/mol. The Morgan fingerprint density at radius 2 is 1.14 bits per heavy atom. The van der Waals surface area contributed by atoms with Crippen LogP contribution in [0.15, 0.2) is 0 Å². The third-order valence-electron chi connectivity index (χ3n) is 0.